The van der Waals surface area contributed by atoms with Crippen molar-refractivity contribution in [2.24, 2.45) is 4.40 Å². The number of hydrogen-bond donors (Lipinski definition) is 1. The van der Waals surface area contributed by atoms with Gasteiger partial charge in [0.25, 0.3) is 10.0 Å². The topological polar surface area (TPSA) is 74.9 Å². The van der Waals surface area contributed by atoms with Gasteiger partial charge in [0.2, 0.25) is 0 Å². The lowest BCUT2D eigenvalue weighted by Crippen LogP contribution is -2.26. The van der Waals surface area contributed by atoms with Gasteiger partial charge in [-0.1, -0.05) is 12.1 Å². The van der Waals surface area contributed by atoms with E-state index >= 15 is 0 Å². The van der Waals surface area contributed by atoms with E-state index in [1.165, 1.54) is 0 Å². The van der Waals surface area contributed by atoms with Gasteiger partial charge in [0.15, 0.2) is 0 Å². The molecule has 0 radical (unpaired) electrons. The summed E-state index contributed by atoms with van der Waals surface area (Å²) in [7, 11) is 0.446. The normalized spacial score (nSPS) is 15.2. The van der Waals surface area contributed by atoms with E-state index in [9.17, 15) is 8.42 Å². The molecule has 8 heteroatoms. The largest absolute Gasteiger partial charge is 0.464 e. The molecule has 140 valence electrons. The van der Waals surface area contributed by atoms with Gasteiger partial charge < -0.3 is 14.6 Å². The number of furan rings is 1. The summed E-state index contributed by atoms with van der Waals surface area (Å²) in [6, 6.07) is 9.26. The van der Waals surface area contributed by atoms with E-state index in [2.05, 4.69) is 14.6 Å². The van der Waals surface area contributed by atoms with Crippen molar-refractivity contribution >= 4 is 27.6 Å². The molecular weight excluding hydrogens is 370 g/mol. The fraction of sp³-hybridized carbons (Fsp3) is 0.389. The Morgan fingerprint density at radius 2 is 1.96 bits per heavy atom. The van der Waals surface area contributed by atoms with Crippen LogP contribution in [0, 0.1) is 6.92 Å². The molecule has 0 aliphatic carbocycles. The van der Waals surface area contributed by atoms with E-state index in [0.29, 0.717) is 17.9 Å². The number of amidine groups is 1. The number of nitrogens with zero attached hydrogens (tertiary/aromatic N) is 2. The van der Waals surface area contributed by atoms with Crippen molar-refractivity contribution < 1.29 is 12.8 Å². The first kappa shape index (κ1) is 19.0. The predicted molar refractivity (Wildman–Crippen MR) is 105 cm³/mol. The number of sulfonamides is 1. The van der Waals surface area contributed by atoms with Crippen molar-refractivity contribution in [3.63, 3.8) is 0 Å². The molecule has 3 rings (SSSR count). The number of benzene rings is 1. The molecule has 0 atom stereocenters. The van der Waals surface area contributed by atoms with Gasteiger partial charge in [-0.05, 0) is 44.8 Å². The molecule has 26 heavy (non-hydrogen) atoms. The maximum absolute atomic E-state index is 12.1. The highest BCUT2D eigenvalue weighted by Gasteiger charge is 2.29. The van der Waals surface area contributed by atoms with Crippen LogP contribution in [-0.4, -0.2) is 45.5 Å². The number of aryl methyl sites for hydroxylation is 1. The Kier molecular flexibility index (Phi) is 5.74. The average Bonchev–Trinajstić information content (AvgIpc) is 3.10. The highest BCUT2D eigenvalue weighted by molar-refractivity contribution is 7.98. The average molecular weight is 394 g/mol. The van der Waals surface area contributed by atoms with Crippen molar-refractivity contribution in [2.45, 2.75) is 24.1 Å². The van der Waals surface area contributed by atoms with Crippen molar-refractivity contribution in [1.29, 1.82) is 0 Å². The zero-order chi connectivity index (χ0) is 18.7. The lowest BCUT2D eigenvalue weighted by molar-refractivity contribution is 0.344. The molecule has 1 aromatic heterocycles. The molecule has 0 saturated heterocycles. The Bertz CT molecular complexity index is 918. The van der Waals surface area contributed by atoms with E-state index in [4.69, 9.17) is 4.42 Å². The minimum atomic E-state index is -3.57. The molecule has 2 aromatic rings. The van der Waals surface area contributed by atoms with Crippen LogP contribution in [0.2, 0.25) is 0 Å². The van der Waals surface area contributed by atoms with Crippen molar-refractivity contribution in [2.75, 3.05) is 26.4 Å². The number of hydrogen-bond acceptors (Lipinski definition) is 6. The predicted octanol–water partition coefficient (Wildman–Crippen LogP) is 2.62. The van der Waals surface area contributed by atoms with Crippen molar-refractivity contribution in [3.8, 4) is 0 Å². The molecule has 0 amide bonds. The third kappa shape index (κ3) is 4.31. The summed E-state index contributed by atoms with van der Waals surface area (Å²) in [6.45, 7) is 3.32. The first-order valence-corrected chi connectivity index (χ1v) is 11.0. The van der Waals surface area contributed by atoms with E-state index in [-0.39, 0.29) is 4.90 Å². The van der Waals surface area contributed by atoms with E-state index in [0.717, 1.165) is 35.1 Å². The van der Waals surface area contributed by atoms with Crippen LogP contribution < -0.4 is 5.32 Å². The zero-order valence-corrected chi connectivity index (χ0v) is 16.8. The first-order valence-electron chi connectivity index (χ1n) is 8.36. The van der Waals surface area contributed by atoms with Crippen LogP contribution in [-0.2, 0) is 22.3 Å². The lowest BCUT2D eigenvalue weighted by atomic mass is 10.1. The van der Waals surface area contributed by atoms with Gasteiger partial charge in [0, 0.05) is 17.9 Å². The smallest absolute Gasteiger partial charge is 0.285 e. The van der Waals surface area contributed by atoms with Gasteiger partial charge in [-0.25, -0.2) is 0 Å². The quantitative estimate of drug-likeness (QED) is 0.729. The summed E-state index contributed by atoms with van der Waals surface area (Å²) in [5, 5.41) is 3.16. The fourth-order valence-corrected chi connectivity index (χ4v) is 4.81. The molecular formula is C18H23N3O3S2. The Morgan fingerprint density at radius 1 is 1.19 bits per heavy atom. The van der Waals surface area contributed by atoms with E-state index < -0.39 is 10.0 Å². The summed E-state index contributed by atoms with van der Waals surface area (Å²) in [5.41, 5.74) is 1.60. The molecule has 1 aromatic carbocycles. The summed E-state index contributed by atoms with van der Waals surface area (Å²) in [6.07, 6.45) is 0. The Balaban J connectivity index is 1.50. The highest BCUT2D eigenvalue weighted by atomic mass is 32.2. The standard InChI is InChI=1S/C18H23N3O3S2/c1-13-5-4-6-16-17(13)18(20-26(16,22)23)19-9-10-25-12-15-8-7-14(24-15)11-21(2)3/h4-8H,9-12H2,1-3H3,(H,19,20). The van der Waals surface area contributed by atoms with Crippen LogP contribution in [0.5, 0.6) is 0 Å². The minimum absolute atomic E-state index is 0.289. The highest BCUT2D eigenvalue weighted by Crippen LogP contribution is 2.27. The summed E-state index contributed by atoms with van der Waals surface area (Å²) in [4.78, 5) is 2.35. The Morgan fingerprint density at radius 3 is 2.73 bits per heavy atom. The SMILES string of the molecule is Cc1cccc2c1C(NCCSCc1ccc(CN(C)C)o1)=NS2(=O)=O. The molecule has 6 nitrogen and oxygen atoms in total. The molecule has 0 fully saturated rings. The molecule has 1 aliphatic heterocycles. The van der Waals surface area contributed by atoms with Crippen molar-refractivity contribution in [3.05, 3.63) is 53.0 Å². The number of thioether (sulfide) groups is 1. The zero-order valence-electron chi connectivity index (χ0n) is 15.2. The van der Waals surface area contributed by atoms with Crippen LogP contribution in [0.4, 0.5) is 0 Å². The first-order chi connectivity index (χ1) is 12.4. The monoisotopic (exact) mass is 393 g/mol. The van der Waals surface area contributed by atoms with Gasteiger partial charge in [0.05, 0.1) is 12.3 Å². The van der Waals surface area contributed by atoms with E-state index in [1.807, 2.05) is 39.2 Å². The van der Waals surface area contributed by atoms with Crippen LogP contribution in [0.25, 0.3) is 0 Å². The third-order valence-electron chi connectivity index (χ3n) is 3.93. The van der Waals surface area contributed by atoms with Crippen LogP contribution in [0.1, 0.15) is 22.6 Å². The van der Waals surface area contributed by atoms with E-state index in [1.54, 1.807) is 23.9 Å². The molecule has 0 bridgehead atoms. The molecule has 1 aliphatic rings. The summed E-state index contributed by atoms with van der Waals surface area (Å²) >= 11 is 1.73. The fourth-order valence-electron chi connectivity index (χ4n) is 2.81. The summed E-state index contributed by atoms with van der Waals surface area (Å²) < 4.78 is 33.9. The summed E-state index contributed by atoms with van der Waals surface area (Å²) in [5.74, 6) is 3.97. The molecule has 2 heterocycles. The van der Waals surface area contributed by atoms with Gasteiger partial charge >= 0.3 is 0 Å². The minimum Gasteiger partial charge on any atom is -0.464 e. The number of nitrogens with one attached hydrogen (secondary N) is 1. The van der Waals surface area contributed by atoms with Crippen molar-refractivity contribution in [1.82, 2.24) is 10.2 Å². The van der Waals surface area contributed by atoms with Gasteiger partial charge in [-0.2, -0.15) is 20.2 Å². The second-order valence-corrected chi connectivity index (χ2v) is 9.13. The molecule has 0 saturated carbocycles. The maximum Gasteiger partial charge on any atom is 0.285 e. The Labute approximate surface area is 158 Å². The number of fused-ring (bicyclic) bond motifs is 1. The third-order valence-corrected chi connectivity index (χ3v) is 6.23. The second-order valence-electron chi connectivity index (χ2n) is 6.45. The van der Waals surface area contributed by atoms with Crippen LogP contribution in [0.15, 0.2) is 44.0 Å². The van der Waals surface area contributed by atoms with Gasteiger partial charge in [-0.3, -0.25) is 0 Å². The molecule has 0 spiro atoms. The van der Waals surface area contributed by atoms with Crippen LogP contribution in [0.3, 0.4) is 0 Å². The second kappa shape index (κ2) is 7.85. The van der Waals surface area contributed by atoms with Gasteiger partial charge in [-0.15, -0.1) is 4.40 Å². The number of rotatable bonds is 7. The van der Waals surface area contributed by atoms with Gasteiger partial charge in [0.1, 0.15) is 22.3 Å². The molecule has 1 N–H and O–H groups in total. The molecule has 0 unspecified atom stereocenters. The maximum atomic E-state index is 12.1. The van der Waals surface area contributed by atoms with Crippen LogP contribution >= 0.6 is 11.8 Å². The lowest BCUT2D eigenvalue weighted by Gasteiger charge is -2.08. The Hall–Kier alpha value is -1.77.